The Morgan fingerprint density at radius 2 is 1.87 bits per heavy atom. The van der Waals surface area contributed by atoms with Crippen molar-refractivity contribution in [3.05, 3.63) is 35.4 Å². The van der Waals surface area contributed by atoms with Crippen molar-refractivity contribution in [1.29, 1.82) is 0 Å². The van der Waals surface area contributed by atoms with Crippen molar-refractivity contribution in [3.8, 4) is 0 Å². The van der Waals surface area contributed by atoms with Crippen LogP contribution in [0.5, 0.6) is 0 Å². The second-order valence-electron chi connectivity index (χ2n) is 9.74. The molecule has 2 saturated heterocycles. The predicted molar refractivity (Wildman–Crippen MR) is 128 cm³/mol. The van der Waals surface area contributed by atoms with Gasteiger partial charge in [0.2, 0.25) is 0 Å². The quantitative estimate of drug-likeness (QED) is 0.530. The molecule has 1 aromatic rings. The normalized spacial score (nSPS) is 22.4. The van der Waals surface area contributed by atoms with Crippen LogP contribution in [0.4, 0.5) is 0 Å². The number of hydrogen-bond donors (Lipinski definition) is 2. The first-order valence-corrected chi connectivity index (χ1v) is 12.0. The lowest BCUT2D eigenvalue weighted by atomic mass is 9.97. The third-order valence-electron chi connectivity index (χ3n) is 6.59. The van der Waals surface area contributed by atoms with Gasteiger partial charge >= 0.3 is 0 Å². The maximum absolute atomic E-state index is 4.50. The van der Waals surface area contributed by atoms with Crippen LogP contribution >= 0.6 is 0 Å². The van der Waals surface area contributed by atoms with Gasteiger partial charge in [0.1, 0.15) is 0 Å². The molecule has 2 N–H and O–H groups in total. The smallest absolute Gasteiger partial charge is 0.191 e. The van der Waals surface area contributed by atoms with Gasteiger partial charge < -0.3 is 15.5 Å². The van der Waals surface area contributed by atoms with Crippen LogP contribution in [0.15, 0.2) is 29.3 Å². The zero-order valence-electron chi connectivity index (χ0n) is 19.7. The zero-order valence-corrected chi connectivity index (χ0v) is 19.7. The van der Waals surface area contributed by atoms with Crippen LogP contribution in [0.1, 0.15) is 50.7 Å². The Labute approximate surface area is 184 Å². The molecule has 1 aromatic carbocycles. The summed E-state index contributed by atoms with van der Waals surface area (Å²) < 4.78 is 0. The van der Waals surface area contributed by atoms with Crippen molar-refractivity contribution in [2.24, 2.45) is 16.8 Å². The van der Waals surface area contributed by atoms with Crippen LogP contribution < -0.4 is 10.6 Å². The van der Waals surface area contributed by atoms with Gasteiger partial charge in [-0.1, -0.05) is 38.1 Å². The van der Waals surface area contributed by atoms with Crippen LogP contribution in [0.2, 0.25) is 0 Å². The van der Waals surface area contributed by atoms with Crippen molar-refractivity contribution in [2.45, 2.75) is 59.0 Å². The van der Waals surface area contributed by atoms with E-state index in [4.69, 9.17) is 0 Å². The number of rotatable bonds is 7. The van der Waals surface area contributed by atoms with Gasteiger partial charge in [-0.15, -0.1) is 0 Å². The molecule has 0 spiro atoms. The van der Waals surface area contributed by atoms with Gasteiger partial charge in [0.25, 0.3) is 0 Å². The highest BCUT2D eigenvalue weighted by molar-refractivity contribution is 5.79. The molecule has 0 saturated carbocycles. The van der Waals surface area contributed by atoms with Crippen LogP contribution in [-0.2, 0) is 6.54 Å². The number of hydrogen-bond acceptors (Lipinski definition) is 3. The molecule has 0 amide bonds. The number of aryl methyl sites for hydroxylation is 1. The summed E-state index contributed by atoms with van der Waals surface area (Å²) in [6, 6.07) is 9.28. The summed E-state index contributed by atoms with van der Waals surface area (Å²) in [6.45, 7) is 15.0. The number of piperidine rings is 2. The second kappa shape index (κ2) is 11.7. The van der Waals surface area contributed by atoms with E-state index in [1.54, 1.807) is 0 Å². The van der Waals surface area contributed by atoms with Crippen molar-refractivity contribution < 1.29 is 0 Å². The number of nitrogens with zero attached hydrogens (tertiary/aromatic N) is 3. The molecule has 1 unspecified atom stereocenters. The molecule has 0 radical (unpaired) electrons. The molecule has 2 aliphatic heterocycles. The Balaban J connectivity index is 1.38. The van der Waals surface area contributed by atoms with E-state index in [1.165, 1.54) is 56.4 Å². The highest BCUT2D eigenvalue weighted by Crippen LogP contribution is 2.18. The Hall–Kier alpha value is -1.59. The van der Waals surface area contributed by atoms with Gasteiger partial charge in [-0.25, -0.2) is 0 Å². The number of benzene rings is 1. The molecule has 0 bridgehead atoms. The van der Waals surface area contributed by atoms with E-state index in [-0.39, 0.29) is 0 Å². The summed E-state index contributed by atoms with van der Waals surface area (Å²) in [7, 11) is 1.90. The molecule has 2 heterocycles. The van der Waals surface area contributed by atoms with E-state index in [2.05, 4.69) is 70.5 Å². The molecule has 5 nitrogen and oxygen atoms in total. The lowest BCUT2D eigenvalue weighted by molar-refractivity contribution is 0.159. The van der Waals surface area contributed by atoms with Crippen LogP contribution in [0.25, 0.3) is 0 Å². The van der Waals surface area contributed by atoms with E-state index in [1.807, 2.05) is 7.05 Å². The van der Waals surface area contributed by atoms with Gasteiger partial charge in [0, 0.05) is 52.4 Å². The number of likely N-dealkylation sites (tertiary alicyclic amines) is 2. The molecule has 2 aliphatic rings. The summed E-state index contributed by atoms with van der Waals surface area (Å²) in [5.41, 5.74) is 2.86. The fourth-order valence-electron chi connectivity index (χ4n) is 4.89. The van der Waals surface area contributed by atoms with E-state index >= 15 is 0 Å². The van der Waals surface area contributed by atoms with E-state index in [0.717, 1.165) is 44.0 Å². The zero-order chi connectivity index (χ0) is 21.3. The standard InChI is InChI=1S/C25H43N5/c1-20(2)17-30-13-7-9-22(18-30)16-27-25(26-4)28-24-11-14-29(15-12-24)19-23-10-6-5-8-21(23)3/h5-6,8,10,20,22,24H,7,9,11-19H2,1-4H3,(H2,26,27,28). The van der Waals surface area contributed by atoms with Crippen molar-refractivity contribution in [1.82, 2.24) is 20.4 Å². The van der Waals surface area contributed by atoms with Gasteiger partial charge in [-0.2, -0.15) is 0 Å². The molecular formula is C25H43N5. The van der Waals surface area contributed by atoms with Crippen LogP contribution in [-0.4, -0.2) is 68.1 Å². The second-order valence-corrected chi connectivity index (χ2v) is 9.74. The van der Waals surface area contributed by atoms with Crippen LogP contribution in [0, 0.1) is 18.8 Å². The monoisotopic (exact) mass is 413 g/mol. The van der Waals surface area contributed by atoms with Gasteiger partial charge in [-0.3, -0.25) is 9.89 Å². The molecule has 5 heteroatoms. The van der Waals surface area contributed by atoms with Gasteiger partial charge in [-0.05, 0) is 62.1 Å². The average molecular weight is 414 g/mol. The number of nitrogens with one attached hydrogen (secondary N) is 2. The first kappa shape index (κ1) is 23.1. The molecule has 2 fully saturated rings. The minimum atomic E-state index is 0.521. The maximum atomic E-state index is 4.50. The highest BCUT2D eigenvalue weighted by atomic mass is 15.2. The third kappa shape index (κ3) is 7.28. The first-order valence-electron chi connectivity index (χ1n) is 12.0. The Morgan fingerprint density at radius 3 is 2.57 bits per heavy atom. The van der Waals surface area contributed by atoms with Crippen molar-refractivity contribution >= 4 is 5.96 Å². The van der Waals surface area contributed by atoms with E-state index in [0.29, 0.717) is 6.04 Å². The van der Waals surface area contributed by atoms with Gasteiger partial charge in [0.05, 0.1) is 0 Å². The van der Waals surface area contributed by atoms with Gasteiger partial charge in [0.15, 0.2) is 5.96 Å². The van der Waals surface area contributed by atoms with Crippen molar-refractivity contribution in [2.75, 3.05) is 46.3 Å². The minimum Gasteiger partial charge on any atom is -0.356 e. The molecule has 3 rings (SSSR count). The topological polar surface area (TPSA) is 42.9 Å². The molecule has 0 aliphatic carbocycles. The van der Waals surface area contributed by atoms with Crippen molar-refractivity contribution in [3.63, 3.8) is 0 Å². The average Bonchev–Trinajstić information content (AvgIpc) is 2.74. The molecular weight excluding hydrogens is 370 g/mol. The molecule has 30 heavy (non-hydrogen) atoms. The third-order valence-corrected chi connectivity index (χ3v) is 6.59. The number of guanidine groups is 1. The molecule has 168 valence electrons. The summed E-state index contributed by atoms with van der Waals surface area (Å²) in [5, 5.41) is 7.30. The van der Waals surface area contributed by atoms with E-state index in [9.17, 15) is 0 Å². The SMILES string of the molecule is CN=C(NCC1CCCN(CC(C)C)C1)NC1CCN(Cc2ccccc2C)CC1. The summed E-state index contributed by atoms with van der Waals surface area (Å²) in [5.74, 6) is 2.46. The summed E-state index contributed by atoms with van der Waals surface area (Å²) in [6.07, 6.45) is 5.01. The minimum absolute atomic E-state index is 0.521. The lowest BCUT2D eigenvalue weighted by Gasteiger charge is -2.35. The summed E-state index contributed by atoms with van der Waals surface area (Å²) in [4.78, 5) is 9.72. The number of aliphatic imine (C=N–C) groups is 1. The predicted octanol–water partition coefficient (Wildman–Crippen LogP) is 3.49. The fraction of sp³-hybridized carbons (Fsp3) is 0.720. The summed E-state index contributed by atoms with van der Waals surface area (Å²) >= 11 is 0. The lowest BCUT2D eigenvalue weighted by Crippen LogP contribution is -2.50. The van der Waals surface area contributed by atoms with E-state index < -0.39 is 0 Å². The highest BCUT2D eigenvalue weighted by Gasteiger charge is 2.22. The Morgan fingerprint density at radius 1 is 1.10 bits per heavy atom. The van der Waals surface area contributed by atoms with Crippen LogP contribution in [0.3, 0.4) is 0 Å². The first-order chi connectivity index (χ1) is 14.5. The largest absolute Gasteiger partial charge is 0.356 e. The maximum Gasteiger partial charge on any atom is 0.191 e. The molecule has 1 atom stereocenters. The Bertz CT molecular complexity index is 663. The fourth-order valence-corrected chi connectivity index (χ4v) is 4.89. The molecule has 0 aromatic heterocycles. The Kier molecular flexibility index (Phi) is 9.01.